The first-order chi connectivity index (χ1) is 5.61. The van der Waals surface area contributed by atoms with Gasteiger partial charge in [0.25, 0.3) is 0 Å². The molecule has 0 aliphatic rings. The molecule has 0 unspecified atom stereocenters. The van der Waals surface area contributed by atoms with Crippen molar-refractivity contribution in [1.29, 1.82) is 0 Å². The van der Waals surface area contributed by atoms with E-state index in [1.807, 2.05) is 0 Å². The number of rotatable bonds is 2. The molecule has 2 N–H and O–H groups in total. The molecule has 5 nitrogen and oxygen atoms in total. The van der Waals surface area contributed by atoms with Crippen LogP contribution < -0.4 is 0 Å². The molecular formula is C7H5NNaO4. The summed E-state index contributed by atoms with van der Waals surface area (Å²) in [6, 6.07) is 2.24. The second-order valence-corrected chi connectivity index (χ2v) is 2.04. The Labute approximate surface area is 95.7 Å². The third kappa shape index (κ3) is 3.14. The SMILES string of the molecule is O=C(O)c1ccnc(C(=O)O)c1.[Na]. The summed E-state index contributed by atoms with van der Waals surface area (Å²) in [4.78, 5) is 24.1. The van der Waals surface area contributed by atoms with Crippen LogP contribution >= 0.6 is 0 Å². The van der Waals surface area contributed by atoms with Crippen LogP contribution in [0.4, 0.5) is 0 Å². The number of aromatic carboxylic acids is 2. The Balaban J connectivity index is 0.00000144. The van der Waals surface area contributed by atoms with Crippen LogP contribution in [0.5, 0.6) is 0 Å². The standard InChI is InChI=1S/C7H5NO4.Na/c9-6(10)4-1-2-8-5(3-4)7(11)12;/h1-3H,(H,9,10)(H,11,12);. The number of hydrogen-bond donors (Lipinski definition) is 2. The van der Waals surface area contributed by atoms with Crippen LogP contribution in [0, 0.1) is 0 Å². The molecule has 0 bridgehead atoms. The van der Waals surface area contributed by atoms with Crippen LogP contribution in [0.1, 0.15) is 20.8 Å². The summed E-state index contributed by atoms with van der Waals surface area (Å²) < 4.78 is 0. The molecule has 0 aliphatic heterocycles. The molecule has 0 amide bonds. The topological polar surface area (TPSA) is 87.5 Å². The quantitative estimate of drug-likeness (QED) is 0.645. The van der Waals surface area contributed by atoms with Gasteiger partial charge in [0.2, 0.25) is 0 Å². The van der Waals surface area contributed by atoms with E-state index in [-0.39, 0.29) is 40.8 Å². The van der Waals surface area contributed by atoms with Gasteiger partial charge >= 0.3 is 11.9 Å². The molecule has 0 saturated heterocycles. The second kappa shape index (κ2) is 4.96. The van der Waals surface area contributed by atoms with Crippen molar-refractivity contribution in [1.82, 2.24) is 4.98 Å². The normalized spacial score (nSPS) is 8.62. The molecule has 0 atom stereocenters. The fourth-order valence-electron chi connectivity index (χ4n) is 0.681. The summed E-state index contributed by atoms with van der Waals surface area (Å²) in [7, 11) is 0. The number of aromatic nitrogens is 1. The Morgan fingerprint density at radius 1 is 1.23 bits per heavy atom. The third-order valence-electron chi connectivity index (χ3n) is 1.23. The van der Waals surface area contributed by atoms with Gasteiger partial charge in [0.15, 0.2) is 0 Å². The van der Waals surface area contributed by atoms with Crippen molar-refractivity contribution in [3.05, 3.63) is 29.6 Å². The number of hydrogen-bond acceptors (Lipinski definition) is 3. The van der Waals surface area contributed by atoms with Gasteiger partial charge in [-0.15, -0.1) is 0 Å². The van der Waals surface area contributed by atoms with Crippen molar-refractivity contribution < 1.29 is 19.8 Å². The van der Waals surface area contributed by atoms with Gasteiger partial charge in [0.1, 0.15) is 5.69 Å². The van der Waals surface area contributed by atoms with Crippen LogP contribution in [0.3, 0.4) is 0 Å². The van der Waals surface area contributed by atoms with E-state index in [1.54, 1.807) is 0 Å². The number of carboxylic acid groups (broad SMARTS) is 2. The van der Waals surface area contributed by atoms with Crippen LogP contribution in [0.2, 0.25) is 0 Å². The second-order valence-electron chi connectivity index (χ2n) is 2.04. The van der Waals surface area contributed by atoms with Crippen molar-refractivity contribution >= 4 is 41.5 Å². The fraction of sp³-hybridized carbons (Fsp3) is 0. The molecule has 1 aromatic rings. The van der Waals surface area contributed by atoms with Crippen molar-refractivity contribution in [2.24, 2.45) is 0 Å². The molecule has 0 aliphatic carbocycles. The van der Waals surface area contributed by atoms with E-state index in [9.17, 15) is 9.59 Å². The summed E-state index contributed by atoms with van der Waals surface area (Å²) in [5.74, 6) is -2.40. The van der Waals surface area contributed by atoms with Gasteiger partial charge in [-0.1, -0.05) is 0 Å². The van der Waals surface area contributed by atoms with Gasteiger partial charge in [-0.05, 0) is 12.1 Å². The maximum absolute atomic E-state index is 10.4. The Morgan fingerprint density at radius 3 is 2.31 bits per heavy atom. The predicted octanol–water partition coefficient (Wildman–Crippen LogP) is 0.0972. The zero-order chi connectivity index (χ0) is 9.14. The minimum Gasteiger partial charge on any atom is -0.478 e. The maximum atomic E-state index is 10.4. The first-order valence-electron chi connectivity index (χ1n) is 3.04. The number of carboxylic acids is 2. The zero-order valence-electron chi connectivity index (χ0n) is 6.89. The first-order valence-corrected chi connectivity index (χ1v) is 3.04. The molecular weight excluding hydrogens is 185 g/mol. The Kier molecular flexibility index (Phi) is 4.61. The smallest absolute Gasteiger partial charge is 0.354 e. The maximum Gasteiger partial charge on any atom is 0.354 e. The van der Waals surface area contributed by atoms with Gasteiger partial charge in [-0.25, -0.2) is 14.6 Å². The molecule has 1 radical (unpaired) electrons. The zero-order valence-corrected chi connectivity index (χ0v) is 8.89. The summed E-state index contributed by atoms with van der Waals surface area (Å²) in [6.07, 6.45) is 1.15. The van der Waals surface area contributed by atoms with E-state index in [0.717, 1.165) is 12.3 Å². The third-order valence-corrected chi connectivity index (χ3v) is 1.23. The van der Waals surface area contributed by atoms with Gasteiger partial charge in [0, 0.05) is 35.8 Å². The molecule has 13 heavy (non-hydrogen) atoms. The Hall–Kier alpha value is -0.910. The van der Waals surface area contributed by atoms with Crippen LogP contribution in [-0.2, 0) is 0 Å². The van der Waals surface area contributed by atoms with E-state index < -0.39 is 11.9 Å². The summed E-state index contributed by atoms with van der Waals surface area (Å²) >= 11 is 0. The average molecular weight is 190 g/mol. The molecule has 0 saturated carbocycles. The Morgan fingerprint density at radius 2 is 1.85 bits per heavy atom. The molecule has 0 fully saturated rings. The van der Waals surface area contributed by atoms with Crippen molar-refractivity contribution in [2.45, 2.75) is 0 Å². The minimum absolute atomic E-state index is 0. The number of carbonyl (C=O) groups is 2. The van der Waals surface area contributed by atoms with E-state index >= 15 is 0 Å². The van der Waals surface area contributed by atoms with E-state index in [1.165, 1.54) is 6.07 Å². The van der Waals surface area contributed by atoms with Crippen LogP contribution in [-0.4, -0.2) is 56.7 Å². The van der Waals surface area contributed by atoms with E-state index in [2.05, 4.69) is 4.98 Å². The van der Waals surface area contributed by atoms with Crippen LogP contribution in [0.15, 0.2) is 18.3 Å². The molecule has 6 heteroatoms. The number of pyridine rings is 1. The summed E-state index contributed by atoms with van der Waals surface area (Å²) in [5.41, 5.74) is -0.350. The molecule has 1 aromatic heterocycles. The van der Waals surface area contributed by atoms with Gasteiger partial charge in [-0.3, -0.25) is 0 Å². The van der Waals surface area contributed by atoms with Crippen molar-refractivity contribution in [3.63, 3.8) is 0 Å². The minimum atomic E-state index is -1.24. The average Bonchev–Trinajstić information content (AvgIpc) is 2.04. The molecule has 0 aromatic carbocycles. The summed E-state index contributed by atoms with van der Waals surface area (Å²) in [5, 5.41) is 16.9. The monoisotopic (exact) mass is 190 g/mol. The molecule has 1 rings (SSSR count). The predicted molar refractivity (Wildman–Crippen MR) is 43.9 cm³/mol. The largest absolute Gasteiger partial charge is 0.478 e. The van der Waals surface area contributed by atoms with Gasteiger partial charge in [0.05, 0.1) is 5.56 Å². The van der Waals surface area contributed by atoms with Gasteiger partial charge in [-0.2, -0.15) is 0 Å². The van der Waals surface area contributed by atoms with E-state index in [4.69, 9.17) is 10.2 Å². The Bertz CT molecular complexity index is 310. The van der Waals surface area contributed by atoms with Crippen LogP contribution in [0.25, 0.3) is 0 Å². The molecule has 63 valence electrons. The van der Waals surface area contributed by atoms with Crippen molar-refractivity contribution in [3.8, 4) is 0 Å². The molecule has 1 heterocycles. The number of nitrogens with zero attached hydrogens (tertiary/aromatic N) is 1. The summed E-state index contributed by atoms with van der Waals surface area (Å²) in [6.45, 7) is 0. The van der Waals surface area contributed by atoms with Crippen molar-refractivity contribution in [2.75, 3.05) is 0 Å². The fourth-order valence-corrected chi connectivity index (χ4v) is 0.681. The van der Waals surface area contributed by atoms with Gasteiger partial charge < -0.3 is 10.2 Å². The molecule has 0 spiro atoms. The first kappa shape index (κ1) is 12.1. The van der Waals surface area contributed by atoms with E-state index in [0.29, 0.717) is 0 Å².